The third kappa shape index (κ3) is 5.93. The molecule has 2 aromatic heterocycles. The van der Waals surface area contributed by atoms with Gasteiger partial charge in [-0.1, -0.05) is 24.3 Å². The van der Waals surface area contributed by atoms with Gasteiger partial charge in [-0.2, -0.15) is 4.98 Å². The highest BCUT2D eigenvalue weighted by Crippen LogP contribution is 2.16. The van der Waals surface area contributed by atoms with Crippen LogP contribution >= 0.6 is 11.8 Å². The molecule has 2 heterocycles. The number of nitrogen functional groups attached to an aromatic ring is 1. The zero-order chi connectivity index (χ0) is 24.8. The monoisotopic (exact) mass is 493 g/mol. The first-order valence-electron chi connectivity index (χ1n) is 11.0. The van der Waals surface area contributed by atoms with E-state index in [1.807, 2.05) is 54.8 Å². The van der Waals surface area contributed by atoms with Gasteiger partial charge in [-0.15, -0.1) is 11.8 Å². The standard InChI is InChI=1S/C24H27N7O3S/c1-34-19-7-3-16(4-8-19)14-30-22(26-12-11-18-13-27-21(25)28-18)29-23(32)31(24(30)33)15-17-5-9-20(35-2)10-6-17/h3-10,13H,11-12,14-15H2,1-2H3,(H3,25,27,28)(H,26,29,32). The number of benzene rings is 2. The molecule has 0 radical (unpaired) electrons. The van der Waals surface area contributed by atoms with Crippen molar-refractivity contribution in [1.29, 1.82) is 0 Å². The molecule has 0 fully saturated rings. The van der Waals surface area contributed by atoms with Gasteiger partial charge in [-0.25, -0.2) is 19.1 Å². The lowest BCUT2D eigenvalue weighted by atomic mass is 10.2. The topological polar surface area (TPSA) is 133 Å². The number of aromatic amines is 1. The molecule has 2 aromatic carbocycles. The first-order chi connectivity index (χ1) is 17.0. The third-order valence-electron chi connectivity index (χ3n) is 5.47. The van der Waals surface area contributed by atoms with E-state index in [1.165, 1.54) is 4.57 Å². The minimum atomic E-state index is -0.608. The van der Waals surface area contributed by atoms with Gasteiger partial charge in [-0.3, -0.25) is 4.57 Å². The Bertz CT molecular complexity index is 1390. The summed E-state index contributed by atoms with van der Waals surface area (Å²) >= 11 is 1.63. The summed E-state index contributed by atoms with van der Waals surface area (Å²) in [6.07, 6.45) is 4.21. The molecule has 0 aliphatic carbocycles. The van der Waals surface area contributed by atoms with Gasteiger partial charge in [0.25, 0.3) is 0 Å². The lowest BCUT2D eigenvalue weighted by Gasteiger charge is -2.16. The van der Waals surface area contributed by atoms with Crippen molar-refractivity contribution in [3.8, 4) is 5.75 Å². The molecule has 0 aliphatic rings. The van der Waals surface area contributed by atoms with Crippen molar-refractivity contribution in [1.82, 2.24) is 24.1 Å². The summed E-state index contributed by atoms with van der Waals surface area (Å²) in [5.41, 5.74) is 7.13. The number of aromatic nitrogens is 5. The largest absolute Gasteiger partial charge is 0.497 e. The van der Waals surface area contributed by atoms with Crippen LogP contribution in [0.25, 0.3) is 0 Å². The van der Waals surface area contributed by atoms with Gasteiger partial charge in [0.2, 0.25) is 5.95 Å². The molecule has 0 amide bonds. The van der Waals surface area contributed by atoms with Gasteiger partial charge < -0.3 is 20.8 Å². The van der Waals surface area contributed by atoms with E-state index >= 15 is 0 Å². The van der Waals surface area contributed by atoms with Crippen molar-refractivity contribution >= 4 is 23.7 Å². The van der Waals surface area contributed by atoms with Crippen molar-refractivity contribution in [2.24, 2.45) is 0 Å². The van der Waals surface area contributed by atoms with Crippen molar-refractivity contribution in [2.75, 3.05) is 31.0 Å². The van der Waals surface area contributed by atoms with Gasteiger partial charge in [0, 0.05) is 23.6 Å². The molecule has 0 bridgehead atoms. The molecular weight excluding hydrogens is 466 g/mol. The van der Waals surface area contributed by atoms with Crippen LogP contribution in [0.15, 0.2) is 69.2 Å². The summed E-state index contributed by atoms with van der Waals surface area (Å²) in [6, 6.07) is 15.2. The Labute approximate surface area is 206 Å². The maximum atomic E-state index is 13.5. The summed E-state index contributed by atoms with van der Waals surface area (Å²) in [4.78, 5) is 38.6. The zero-order valence-corrected chi connectivity index (χ0v) is 20.3. The van der Waals surface area contributed by atoms with E-state index in [-0.39, 0.29) is 19.0 Å². The van der Waals surface area contributed by atoms with Crippen molar-refractivity contribution in [2.45, 2.75) is 24.4 Å². The number of thioether (sulfide) groups is 1. The van der Waals surface area contributed by atoms with Gasteiger partial charge in [-0.05, 0) is 41.6 Å². The molecule has 35 heavy (non-hydrogen) atoms. The van der Waals surface area contributed by atoms with Crippen LogP contribution in [0.5, 0.6) is 5.75 Å². The average molecular weight is 494 g/mol. The molecule has 0 saturated heterocycles. The van der Waals surface area contributed by atoms with Crippen molar-refractivity contribution < 1.29 is 4.74 Å². The van der Waals surface area contributed by atoms with Crippen LogP contribution in [0.3, 0.4) is 0 Å². The number of anilines is 2. The Kier molecular flexibility index (Phi) is 7.56. The lowest BCUT2D eigenvalue weighted by Crippen LogP contribution is -2.43. The fourth-order valence-corrected chi connectivity index (χ4v) is 3.99. The number of nitrogens with two attached hydrogens (primary N) is 1. The summed E-state index contributed by atoms with van der Waals surface area (Å²) in [5, 5.41) is 3.12. The number of nitrogens with zero attached hydrogens (tertiary/aromatic N) is 4. The predicted molar refractivity (Wildman–Crippen MR) is 137 cm³/mol. The van der Waals surface area contributed by atoms with Gasteiger partial charge in [0.05, 0.1) is 26.4 Å². The molecule has 4 N–H and O–H groups in total. The third-order valence-corrected chi connectivity index (χ3v) is 6.22. The summed E-state index contributed by atoms with van der Waals surface area (Å²) < 4.78 is 7.85. The van der Waals surface area contributed by atoms with E-state index in [1.54, 1.807) is 25.1 Å². The number of ether oxygens (including phenoxy) is 1. The normalized spacial score (nSPS) is 10.9. The van der Waals surface area contributed by atoms with E-state index < -0.39 is 11.4 Å². The Morgan fingerprint density at radius 2 is 1.69 bits per heavy atom. The first kappa shape index (κ1) is 24.1. The Morgan fingerprint density at radius 1 is 1.03 bits per heavy atom. The maximum absolute atomic E-state index is 13.5. The number of imidazole rings is 1. The second-order valence-corrected chi connectivity index (χ2v) is 8.72. The number of H-pyrrole nitrogens is 1. The number of hydrogen-bond donors (Lipinski definition) is 3. The highest BCUT2D eigenvalue weighted by Gasteiger charge is 2.14. The second-order valence-electron chi connectivity index (χ2n) is 7.84. The van der Waals surface area contributed by atoms with Crippen LogP contribution in [0.2, 0.25) is 0 Å². The summed E-state index contributed by atoms with van der Waals surface area (Å²) in [6.45, 7) is 0.798. The molecule has 4 aromatic rings. The zero-order valence-electron chi connectivity index (χ0n) is 19.5. The molecular formula is C24H27N7O3S. The van der Waals surface area contributed by atoms with Gasteiger partial charge in [0.15, 0.2) is 5.95 Å². The Hall–Kier alpha value is -3.99. The van der Waals surface area contributed by atoms with E-state index in [0.29, 0.717) is 18.9 Å². The maximum Gasteiger partial charge on any atom is 0.355 e. The SMILES string of the molecule is COc1ccc(Cn2c(NCCc3cnc(N)[nH]3)nc(=O)n(Cc3ccc(SC)cc3)c2=O)cc1. The second kappa shape index (κ2) is 11.0. The summed E-state index contributed by atoms with van der Waals surface area (Å²) in [7, 11) is 1.60. The van der Waals surface area contributed by atoms with E-state index in [4.69, 9.17) is 10.5 Å². The highest BCUT2D eigenvalue weighted by molar-refractivity contribution is 7.98. The molecule has 0 spiro atoms. The molecule has 10 nitrogen and oxygen atoms in total. The van der Waals surface area contributed by atoms with E-state index in [2.05, 4.69) is 20.3 Å². The quantitative estimate of drug-likeness (QED) is 0.286. The number of rotatable bonds is 10. The lowest BCUT2D eigenvalue weighted by molar-refractivity contribution is 0.414. The Balaban J connectivity index is 1.64. The predicted octanol–water partition coefficient (Wildman–Crippen LogP) is 2.19. The van der Waals surface area contributed by atoms with Crippen LogP contribution in [0, 0.1) is 0 Å². The van der Waals surface area contributed by atoms with Crippen LogP contribution < -0.4 is 27.2 Å². The molecule has 182 valence electrons. The van der Waals surface area contributed by atoms with Crippen LogP contribution in [-0.4, -0.2) is 44.0 Å². The minimum Gasteiger partial charge on any atom is -0.497 e. The first-order valence-corrected chi connectivity index (χ1v) is 12.2. The molecule has 0 saturated carbocycles. The minimum absolute atomic E-state index is 0.135. The fourth-order valence-electron chi connectivity index (χ4n) is 3.58. The Morgan fingerprint density at radius 3 is 2.29 bits per heavy atom. The average Bonchev–Trinajstić information content (AvgIpc) is 3.29. The molecule has 0 unspecified atom stereocenters. The number of hydrogen-bond acceptors (Lipinski definition) is 8. The highest BCUT2D eigenvalue weighted by atomic mass is 32.2. The molecule has 11 heteroatoms. The fraction of sp³-hybridized carbons (Fsp3) is 0.250. The van der Waals surface area contributed by atoms with Crippen molar-refractivity contribution in [3.05, 3.63) is 92.5 Å². The van der Waals surface area contributed by atoms with Crippen molar-refractivity contribution in [3.63, 3.8) is 0 Å². The van der Waals surface area contributed by atoms with E-state index in [0.717, 1.165) is 32.0 Å². The van der Waals surface area contributed by atoms with Gasteiger partial charge in [0.1, 0.15) is 5.75 Å². The van der Waals surface area contributed by atoms with Crippen LogP contribution in [0.1, 0.15) is 16.8 Å². The van der Waals surface area contributed by atoms with Crippen LogP contribution in [0.4, 0.5) is 11.9 Å². The summed E-state index contributed by atoms with van der Waals surface area (Å²) in [5.74, 6) is 1.26. The molecule has 4 rings (SSSR count). The molecule has 0 atom stereocenters. The molecule has 0 aliphatic heterocycles. The van der Waals surface area contributed by atoms with E-state index in [9.17, 15) is 9.59 Å². The smallest absolute Gasteiger partial charge is 0.355 e. The number of nitrogens with one attached hydrogen (secondary N) is 2. The number of methoxy groups -OCH3 is 1. The van der Waals surface area contributed by atoms with Crippen LogP contribution in [-0.2, 0) is 19.5 Å². The van der Waals surface area contributed by atoms with Gasteiger partial charge >= 0.3 is 11.4 Å².